The molecule has 3 aromatic rings. The largest absolute Gasteiger partial charge is 0.375 e. The van der Waals surface area contributed by atoms with Gasteiger partial charge in [-0.05, 0) is 45.2 Å². The number of carbonyl (C=O) groups excluding carboxylic acids is 3. The number of fused-ring (bicyclic) bond motifs is 1. The Morgan fingerprint density at radius 1 is 1.26 bits per heavy atom. The lowest BCUT2D eigenvalue weighted by molar-refractivity contribution is -0.117. The second kappa shape index (κ2) is 8.98. The zero-order valence-corrected chi connectivity index (χ0v) is 20.1. The number of nitrogens with zero attached hydrogens (tertiary/aromatic N) is 3. The number of halogens is 1. The zero-order chi connectivity index (χ0) is 24.7. The molecule has 0 spiro atoms. The Morgan fingerprint density at radius 2 is 2.00 bits per heavy atom. The van der Waals surface area contributed by atoms with Crippen LogP contribution in [0.3, 0.4) is 0 Å². The molecule has 1 aliphatic carbocycles. The molecule has 1 atom stereocenters. The number of anilines is 2. The van der Waals surface area contributed by atoms with E-state index in [1.54, 1.807) is 32.4 Å². The summed E-state index contributed by atoms with van der Waals surface area (Å²) in [5.74, 6) is -2.52. The summed E-state index contributed by atoms with van der Waals surface area (Å²) in [6.07, 6.45) is 3.15. The fraction of sp³-hybridized carbons (Fsp3) is 0.348. The summed E-state index contributed by atoms with van der Waals surface area (Å²) in [4.78, 5) is 47.8. The number of hydrogen-bond acceptors (Lipinski definition) is 7. The Bertz CT molecular complexity index is 1330. The molecule has 3 heterocycles. The van der Waals surface area contributed by atoms with Crippen molar-refractivity contribution in [2.24, 2.45) is 7.05 Å². The van der Waals surface area contributed by atoms with Crippen molar-refractivity contribution in [3.05, 3.63) is 56.9 Å². The predicted molar refractivity (Wildman–Crippen MR) is 127 cm³/mol. The van der Waals surface area contributed by atoms with Crippen molar-refractivity contribution < 1.29 is 18.8 Å². The van der Waals surface area contributed by atoms with Crippen molar-refractivity contribution in [1.82, 2.24) is 19.9 Å². The van der Waals surface area contributed by atoms with E-state index in [1.165, 1.54) is 23.6 Å². The lowest BCUT2D eigenvalue weighted by Gasteiger charge is -2.22. The number of aromatic nitrogens is 3. The van der Waals surface area contributed by atoms with Gasteiger partial charge in [-0.2, -0.15) is 4.39 Å². The second-order valence-electron chi connectivity index (χ2n) is 8.44. The summed E-state index contributed by atoms with van der Waals surface area (Å²) in [6, 6.07) is 1.28. The van der Waals surface area contributed by atoms with Crippen molar-refractivity contribution in [2.45, 2.75) is 46.1 Å². The Balaban J connectivity index is 1.52. The number of rotatable bonds is 5. The van der Waals surface area contributed by atoms with Crippen LogP contribution in [0.15, 0.2) is 12.3 Å². The van der Waals surface area contributed by atoms with Gasteiger partial charge in [-0.1, -0.05) is 0 Å². The monoisotopic (exact) mass is 484 g/mol. The molecule has 0 radical (unpaired) electrons. The number of nitrogen functional groups attached to an aromatic ring is 1. The smallest absolute Gasteiger partial charge is 0.294 e. The van der Waals surface area contributed by atoms with Crippen LogP contribution in [-0.2, 0) is 24.7 Å². The summed E-state index contributed by atoms with van der Waals surface area (Å²) in [5, 5.41) is 6.01. The highest BCUT2D eigenvalue weighted by molar-refractivity contribution is 7.15. The van der Waals surface area contributed by atoms with Gasteiger partial charge in [-0.3, -0.25) is 14.4 Å². The average molecular weight is 485 g/mol. The number of amides is 2. The van der Waals surface area contributed by atoms with E-state index in [4.69, 9.17) is 5.73 Å². The highest BCUT2D eigenvalue weighted by Gasteiger charge is 2.31. The van der Waals surface area contributed by atoms with Gasteiger partial charge in [0.05, 0.1) is 28.8 Å². The SMILES string of the molecule is Cc1cc(NC(=O)c2c(C)c(C(=O)C(=O)NC3CCc4nc(N)sc4C3)n(C)c2C)cnc1F. The maximum Gasteiger partial charge on any atom is 0.294 e. The van der Waals surface area contributed by atoms with Crippen molar-refractivity contribution in [3.63, 3.8) is 0 Å². The maximum atomic E-state index is 13.4. The van der Waals surface area contributed by atoms with Crippen molar-refractivity contribution in [1.29, 1.82) is 0 Å². The van der Waals surface area contributed by atoms with Crippen LogP contribution in [0, 0.1) is 26.7 Å². The number of nitrogens with one attached hydrogen (secondary N) is 2. The fourth-order valence-electron chi connectivity index (χ4n) is 4.33. The molecule has 0 fully saturated rings. The van der Waals surface area contributed by atoms with E-state index in [2.05, 4.69) is 20.6 Å². The number of aryl methyl sites for hydroxylation is 2. The predicted octanol–water partition coefficient (Wildman–Crippen LogP) is 2.63. The standard InChI is InChI=1S/C23H25FN6O3S/c1-10-7-14(9-26-20(10)24)28-21(32)17-11(2)18(30(4)12(17)3)19(31)22(33)27-13-5-6-15-16(8-13)34-23(25)29-15/h7,9,13H,5-6,8H2,1-4H3,(H2,25,29)(H,27,33)(H,28,32). The summed E-state index contributed by atoms with van der Waals surface area (Å²) < 4.78 is 15.0. The summed E-state index contributed by atoms with van der Waals surface area (Å²) in [5.41, 5.74) is 8.70. The van der Waals surface area contributed by atoms with Crippen LogP contribution >= 0.6 is 11.3 Å². The molecule has 1 aliphatic rings. The zero-order valence-electron chi connectivity index (χ0n) is 19.3. The number of ketones is 1. The van der Waals surface area contributed by atoms with E-state index in [1.807, 2.05) is 0 Å². The third kappa shape index (κ3) is 4.30. The van der Waals surface area contributed by atoms with Gasteiger partial charge in [0, 0.05) is 35.6 Å². The minimum Gasteiger partial charge on any atom is -0.375 e. The molecular formula is C23H25FN6O3S. The van der Waals surface area contributed by atoms with Gasteiger partial charge in [0.25, 0.3) is 17.6 Å². The molecule has 3 aromatic heterocycles. The van der Waals surface area contributed by atoms with Gasteiger partial charge in [0.2, 0.25) is 5.95 Å². The lowest BCUT2D eigenvalue weighted by Crippen LogP contribution is -2.42. The van der Waals surface area contributed by atoms with E-state index in [9.17, 15) is 18.8 Å². The van der Waals surface area contributed by atoms with Crippen LogP contribution in [0.1, 0.15) is 54.7 Å². The minimum absolute atomic E-state index is 0.145. The van der Waals surface area contributed by atoms with E-state index in [0.29, 0.717) is 46.9 Å². The van der Waals surface area contributed by atoms with E-state index < -0.39 is 23.5 Å². The Hall–Kier alpha value is -3.60. The number of carbonyl (C=O) groups is 3. The quantitative estimate of drug-likeness (QED) is 0.290. The first kappa shape index (κ1) is 23.6. The molecule has 34 heavy (non-hydrogen) atoms. The Kier molecular flexibility index (Phi) is 6.22. The molecular weight excluding hydrogens is 459 g/mol. The molecule has 0 saturated heterocycles. The highest BCUT2D eigenvalue weighted by atomic mass is 32.1. The molecule has 0 bridgehead atoms. The molecule has 4 N–H and O–H groups in total. The van der Waals surface area contributed by atoms with Gasteiger partial charge in [-0.15, -0.1) is 11.3 Å². The molecule has 0 aromatic carbocycles. The van der Waals surface area contributed by atoms with Crippen molar-refractivity contribution in [2.75, 3.05) is 11.1 Å². The van der Waals surface area contributed by atoms with E-state index in [-0.39, 0.29) is 17.3 Å². The maximum absolute atomic E-state index is 13.4. The van der Waals surface area contributed by atoms with Crippen molar-refractivity contribution >= 4 is 39.8 Å². The molecule has 11 heteroatoms. The molecule has 9 nitrogen and oxygen atoms in total. The first-order valence-electron chi connectivity index (χ1n) is 10.8. The third-order valence-electron chi connectivity index (χ3n) is 6.14. The summed E-state index contributed by atoms with van der Waals surface area (Å²) >= 11 is 1.40. The first-order valence-corrected chi connectivity index (χ1v) is 11.6. The normalized spacial score (nSPS) is 15.0. The Labute approximate surface area is 199 Å². The second-order valence-corrected chi connectivity index (χ2v) is 9.56. The molecule has 0 saturated carbocycles. The Morgan fingerprint density at radius 3 is 2.71 bits per heavy atom. The van der Waals surface area contributed by atoms with Crippen LogP contribution in [-0.4, -0.2) is 38.2 Å². The minimum atomic E-state index is -0.722. The van der Waals surface area contributed by atoms with Crippen LogP contribution in [0.25, 0.3) is 0 Å². The van der Waals surface area contributed by atoms with E-state index >= 15 is 0 Å². The molecule has 178 valence electrons. The average Bonchev–Trinajstić information content (AvgIpc) is 3.25. The van der Waals surface area contributed by atoms with Crippen LogP contribution in [0.5, 0.6) is 0 Å². The number of Topliss-reactive ketones (excluding diaryl/α,β-unsaturated/α-hetero) is 1. The third-order valence-corrected chi connectivity index (χ3v) is 7.09. The molecule has 4 rings (SSSR count). The van der Waals surface area contributed by atoms with Gasteiger partial charge >= 0.3 is 0 Å². The fourth-order valence-corrected chi connectivity index (χ4v) is 5.29. The van der Waals surface area contributed by atoms with Crippen molar-refractivity contribution in [3.8, 4) is 0 Å². The molecule has 1 unspecified atom stereocenters. The van der Waals surface area contributed by atoms with Crippen LogP contribution < -0.4 is 16.4 Å². The van der Waals surface area contributed by atoms with Crippen LogP contribution in [0.2, 0.25) is 0 Å². The molecule has 0 aliphatic heterocycles. The molecule has 2 amide bonds. The summed E-state index contributed by atoms with van der Waals surface area (Å²) in [7, 11) is 1.64. The number of nitrogens with two attached hydrogens (primary N) is 1. The van der Waals surface area contributed by atoms with E-state index in [0.717, 1.165) is 10.6 Å². The van der Waals surface area contributed by atoms with Crippen LogP contribution in [0.4, 0.5) is 15.2 Å². The number of pyridine rings is 1. The van der Waals surface area contributed by atoms with Gasteiger partial charge in [0.15, 0.2) is 5.13 Å². The number of thiazole rings is 1. The lowest BCUT2D eigenvalue weighted by atomic mass is 9.97. The van der Waals surface area contributed by atoms with Gasteiger partial charge in [-0.25, -0.2) is 9.97 Å². The highest BCUT2D eigenvalue weighted by Crippen LogP contribution is 2.28. The van der Waals surface area contributed by atoms with Gasteiger partial charge in [0.1, 0.15) is 0 Å². The first-order chi connectivity index (χ1) is 16.1. The van der Waals surface area contributed by atoms with Gasteiger partial charge < -0.3 is 20.9 Å². The summed E-state index contributed by atoms with van der Waals surface area (Å²) in [6.45, 7) is 4.87. The topological polar surface area (TPSA) is 132 Å². The number of hydrogen-bond donors (Lipinski definition) is 3.